The maximum absolute atomic E-state index is 12.6. The Balaban J connectivity index is 2.06. The van der Waals surface area contributed by atoms with Gasteiger partial charge in [-0.15, -0.1) is 0 Å². The lowest BCUT2D eigenvalue weighted by atomic mass is 9.90. The quantitative estimate of drug-likeness (QED) is 0.909. The topological polar surface area (TPSA) is 29.3 Å². The van der Waals surface area contributed by atoms with Crippen LogP contribution < -0.4 is 10.6 Å². The zero-order chi connectivity index (χ0) is 15.5. The molecule has 1 aliphatic heterocycles. The minimum atomic E-state index is -4.28. The van der Waals surface area contributed by atoms with E-state index in [0.29, 0.717) is 12.5 Å². The Labute approximate surface area is 124 Å². The Morgan fingerprint density at radius 3 is 2.43 bits per heavy atom. The fourth-order valence-corrected chi connectivity index (χ4v) is 3.02. The Hall–Kier alpha value is -1.23. The molecule has 5 heteroatoms. The van der Waals surface area contributed by atoms with Crippen molar-refractivity contribution in [2.75, 3.05) is 18.0 Å². The van der Waals surface area contributed by atoms with Gasteiger partial charge in [0.05, 0.1) is 5.56 Å². The van der Waals surface area contributed by atoms with E-state index in [1.54, 1.807) is 12.1 Å². The number of halogens is 3. The highest BCUT2D eigenvalue weighted by molar-refractivity contribution is 5.48. The molecule has 0 spiro atoms. The molecule has 2 atom stereocenters. The Morgan fingerprint density at radius 1 is 1.19 bits per heavy atom. The summed E-state index contributed by atoms with van der Waals surface area (Å²) in [6, 6.07) is 5.51. The summed E-state index contributed by atoms with van der Waals surface area (Å²) in [7, 11) is 0. The van der Waals surface area contributed by atoms with Gasteiger partial charge in [0.2, 0.25) is 0 Å². The summed E-state index contributed by atoms with van der Waals surface area (Å²) in [6.07, 6.45) is 0.212. The molecule has 2 nitrogen and oxygen atoms in total. The first-order valence-electron chi connectivity index (χ1n) is 7.58. The van der Waals surface area contributed by atoms with Crippen LogP contribution in [0.3, 0.4) is 0 Å². The average Bonchev–Trinajstić information content (AvgIpc) is 2.44. The van der Waals surface area contributed by atoms with Gasteiger partial charge in [0.25, 0.3) is 0 Å². The molecule has 0 aromatic heterocycles. The van der Waals surface area contributed by atoms with Gasteiger partial charge in [-0.25, -0.2) is 0 Å². The second kappa shape index (κ2) is 6.69. The van der Waals surface area contributed by atoms with Crippen LogP contribution >= 0.6 is 0 Å². The molecule has 1 aromatic rings. The van der Waals surface area contributed by atoms with Gasteiger partial charge in [-0.1, -0.05) is 19.8 Å². The number of nitrogens with zero attached hydrogens (tertiary/aromatic N) is 1. The zero-order valence-corrected chi connectivity index (χ0v) is 12.4. The summed E-state index contributed by atoms with van der Waals surface area (Å²) < 4.78 is 37.8. The van der Waals surface area contributed by atoms with Crippen LogP contribution in [-0.2, 0) is 6.18 Å². The molecule has 118 valence electrons. The molecule has 2 rings (SSSR count). The molecule has 2 N–H and O–H groups in total. The number of anilines is 1. The number of unbranched alkanes of at least 4 members (excludes halogenated alkanes) is 1. The van der Waals surface area contributed by atoms with Gasteiger partial charge in [0, 0.05) is 24.8 Å². The smallest absolute Gasteiger partial charge is 0.370 e. The second-order valence-electron chi connectivity index (χ2n) is 5.95. The van der Waals surface area contributed by atoms with Crippen LogP contribution in [0, 0.1) is 5.92 Å². The maximum Gasteiger partial charge on any atom is 0.416 e. The molecule has 0 saturated carbocycles. The number of hydrogen-bond donors (Lipinski definition) is 1. The molecule has 21 heavy (non-hydrogen) atoms. The fourth-order valence-electron chi connectivity index (χ4n) is 3.02. The average molecular weight is 300 g/mol. The first kappa shape index (κ1) is 16.1. The minimum absolute atomic E-state index is 0.0999. The van der Waals surface area contributed by atoms with Crippen LogP contribution in [0.25, 0.3) is 0 Å². The van der Waals surface area contributed by atoms with Gasteiger partial charge in [0.1, 0.15) is 0 Å². The van der Waals surface area contributed by atoms with E-state index in [1.165, 1.54) is 6.42 Å². The number of alkyl halides is 3. The van der Waals surface area contributed by atoms with Crippen molar-refractivity contribution in [2.24, 2.45) is 11.7 Å². The van der Waals surface area contributed by atoms with Crippen LogP contribution in [0.1, 0.15) is 38.2 Å². The predicted molar refractivity (Wildman–Crippen MR) is 79.3 cm³/mol. The second-order valence-corrected chi connectivity index (χ2v) is 5.95. The van der Waals surface area contributed by atoms with Crippen molar-refractivity contribution in [1.29, 1.82) is 0 Å². The van der Waals surface area contributed by atoms with E-state index in [0.717, 1.165) is 43.6 Å². The zero-order valence-electron chi connectivity index (χ0n) is 12.4. The molecule has 2 unspecified atom stereocenters. The third-order valence-corrected chi connectivity index (χ3v) is 4.10. The first-order chi connectivity index (χ1) is 9.90. The first-order valence-corrected chi connectivity index (χ1v) is 7.58. The third-order valence-electron chi connectivity index (χ3n) is 4.10. The van der Waals surface area contributed by atoms with Gasteiger partial charge < -0.3 is 10.6 Å². The monoisotopic (exact) mass is 300 g/mol. The Morgan fingerprint density at radius 2 is 1.86 bits per heavy atom. The molecule has 0 aliphatic carbocycles. The highest BCUT2D eigenvalue weighted by Crippen LogP contribution is 2.32. The fraction of sp³-hybridized carbons (Fsp3) is 0.625. The van der Waals surface area contributed by atoms with Gasteiger partial charge in [-0.2, -0.15) is 13.2 Å². The van der Waals surface area contributed by atoms with E-state index in [9.17, 15) is 13.2 Å². The molecule has 0 radical (unpaired) electrons. The molecule has 0 bridgehead atoms. The van der Waals surface area contributed by atoms with E-state index < -0.39 is 11.7 Å². The largest absolute Gasteiger partial charge is 0.416 e. The lowest BCUT2D eigenvalue weighted by Gasteiger charge is -2.38. The van der Waals surface area contributed by atoms with Gasteiger partial charge in [-0.3, -0.25) is 0 Å². The van der Waals surface area contributed by atoms with E-state index in [-0.39, 0.29) is 6.04 Å². The summed E-state index contributed by atoms with van der Waals surface area (Å²) in [5.74, 6) is 0.538. The van der Waals surface area contributed by atoms with E-state index in [2.05, 4.69) is 11.8 Å². The van der Waals surface area contributed by atoms with Crippen LogP contribution in [-0.4, -0.2) is 19.1 Å². The Bertz CT molecular complexity index is 442. The summed E-state index contributed by atoms with van der Waals surface area (Å²) in [6.45, 7) is 3.77. The maximum atomic E-state index is 12.6. The van der Waals surface area contributed by atoms with Gasteiger partial charge >= 0.3 is 6.18 Å². The third kappa shape index (κ3) is 4.37. The lowest BCUT2D eigenvalue weighted by Crippen LogP contribution is -2.47. The van der Waals surface area contributed by atoms with Crippen molar-refractivity contribution < 1.29 is 13.2 Å². The molecule has 1 heterocycles. The standard InChI is InChI=1S/C16H23F3N2/c1-2-3-4-12-9-14(20)11-21(10-12)15-7-5-13(6-8-15)16(17,18)19/h5-8,12,14H,2-4,9-11,20H2,1H3. The SMILES string of the molecule is CCCCC1CC(N)CN(c2ccc(C(F)(F)F)cc2)C1. The summed E-state index contributed by atoms with van der Waals surface area (Å²) in [4.78, 5) is 2.12. The number of benzene rings is 1. The van der Waals surface area contributed by atoms with E-state index in [4.69, 9.17) is 5.73 Å². The van der Waals surface area contributed by atoms with E-state index in [1.807, 2.05) is 0 Å². The van der Waals surface area contributed by atoms with Crippen LogP contribution in [0.15, 0.2) is 24.3 Å². The molecule has 1 aromatic carbocycles. The van der Waals surface area contributed by atoms with Crippen LogP contribution in [0.4, 0.5) is 18.9 Å². The number of nitrogens with two attached hydrogens (primary N) is 1. The molecule has 1 saturated heterocycles. The molecule has 0 amide bonds. The van der Waals surface area contributed by atoms with Gasteiger partial charge in [-0.05, 0) is 43.0 Å². The van der Waals surface area contributed by atoms with Crippen molar-refractivity contribution in [1.82, 2.24) is 0 Å². The molecular formula is C16H23F3N2. The van der Waals surface area contributed by atoms with Crippen LogP contribution in [0.2, 0.25) is 0 Å². The number of piperidine rings is 1. The Kier molecular flexibility index (Phi) is 5.14. The predicted octanol–water partition coefficient (Wildman–Crippen LogP) is 4.05. The summed E-state index contributed by atoms with van der Waals surface area (Å²) in [5, 5.41) is 0. The van der Waals surface area contributed by atoms with Crippen molar-refractivity contribution in [3.63, 3.8) is 0 Å². The van der Waals surface area contributed by atoms with Crippen molar-refractivity contribution in [3.8, 4) is 0 Å². The van der Waals surface area contributed by atoms with Crippen LogP contribution in [0.5, 0.6) is 0 Å². The molecule has 1 fully saturated rings. The minimum Gasteiger partial charge on any atom is -0.370 e. The number of hydrogen-bond acceptors (Lipinski definition) is 2. The molecule has 1 aliphatic rings. The highest BCUT2D eigenvalue weighted by atomic mass is 19.4. The molecular weight excluding hydrogens is 277 g/mol. The number of rotatable bonds is 4. The van der Waals surface area contributed by atoms with Crippen molar-refractivity contribution >= 4 is 5.69 Å². The van der Waals surface area contributed by atoms with Crippen molar-refractivity contribution in [3.05, 3.63) is 29.8 Å². The normalized spacial score (nSPS) is 23.4. The van der Waals surface area contributed by atoms with Crippen molar-refractivity contribution in [2.45, 2.75) is 44.8 Å². The van der Waals surface area contributed by atoms with Gasteiger partial charge in [0.15, 0.2) is 0 Å². The lowest BCUT2D eigenvalue weighted by molar-refractivity contribution is -0.137. The van der Waals surface area contributed by atoms with E-state index >= 15 is 0 Å². The summed E-state index contributed by atoms with van der Waals surface area (Å²) in [5.41, 5.74) is 6.33. The highest BCUT2D eigenvalue weighted by Gasteiger charge is 2.31. The summed E-state index contributed by atoms with van der Waals surface area (Å²) >= 11 is 0.